The maximum absolute atomic E-state index is 12.0. The van der Waals surface area contributed by atoms with E-state index in [1.807, 2.05) is 0 Å². The molecule has 98 valence electrons. The first-order valence-corrected chi connectivity index (χ1v) is 7.31. The smallest absolute Gasteiger partial charge is 0.286 e. The van der Waals surface area contributed by atoms with Crippen LogP contribution in [0.5, 0.6) is 0 Å². The minimum atomic E-state index is -3.66. The number of hydrogen-bond acceptors (Lipinski definition) is 2. The minimum absolute atomic E-state index is 0.0560. The van der Waals surface area contributed by atoms with Crippen LogP contribution in [0.3, 0.4) is 0 Å². The first-order chi connectivity index (χ1) is 8.99. The van der Waals surface area contributed by atoms with E-state index in [0.29, 0.717) is 10.6 Å². The lowest BCUT2D eigenvalue weighted by molar-refractivity contribution is -0.268. The van der Waals surface area contributed by atoms with Crippen LogP contribution >= 0.6 is 11.6 Å². The number of amidine groups is 1. The van der Waals surface area contributed by atoms with Gasteiger partial charge in [0, 0.05) is 5.02 Å². The predicted octanol–water partition coefficient (Wildman–Crippen LogP) is 0.515. The molecule has 0 aliphatic carbocycles. The van der Waals surface area contributed by atoms with Gasteiger partial charge in [0.25, 0.3) is 5.84 Å². The van der Waals surface area contributed by atoms with E-state index in [2.05, 4.69) is 4.40 Å². The third-order valence-electron chi connectivity index (χ3n) is 2.45. The molecule has 0 amide bonds. The Labute approximate surface area is 116 Å². The maximum atomic E-state index is 12.0. The molecule has 6 heteroatoms. The summed E-state index contributed by atoms with van der Waals surface area (Å²) >= 11 is 5.76. The van der Waals surface area contributed by atoms with Gasteiger partial charge in [-0.2, -0.15) is 12.8 Å². The molecule has 19 heavy (non-hydrogen) atoms. The van der Waals surface area contributed by atoms with E-state index in [-0.39, 0.29) is 10.7 Å². The van der Waals surface area contributed by atoms with Crippen molar-refractivity contribution in [3.63, 3.8) is 0 Å². The highest BCUT2D eigenvalue weighted by Crippen LogP contribution is 2.08. The quantitative estimate of drug-likeness (QED) is 0.640. The average Bonchev–Trinajstić information content (AvgIpc) is 2.40. The van der Waals surface area contributed by atoms with Crippen LogP contribution in [0.4, 0.5) is 0 Å². The topological polar surface area (TPSA) is 74.1 Å². The van der Waals surface area contributed by atoms with E-state index in [4.69, 9.17) is 17.3 Å². The number of benzene rings is 2. The van der Waals surface area contributed by atoms with E-state index >= 15 is 0 Å². The van der Waals surface area contributed by atoms with Gasteiger partial charge >= 0.3 is 10.0 Å². The highest BCUT2D eigenvalue weighted by molar-refractivity contribution is 7.84. The molecule has 0 saturated carbocycles. The van der Waals surface area contributed by atoms with E-state index in [0.717, 1.165) is 0 Å². The van der Waals surface area contributed by atoms with Crippen molar-refractivity contribution in [2.45, 2.75) is 4.90 Å². The number of nitrogens with two attached hydrogens (primary N) is 1. The van der Waals surface area contributed by atoms with Gasteiger partial charge in [0.15, 0.2) is 0 Å². The van der Waals surface area contributed by atoms with Crippen LogP contribution < -0.4 is 10.1 Å². The molecule has 0 aliphatic rings. The van der Waals surface area contributed by atoms with Gasteiger partial charge in [-0.3, -0.25) is 5.73 Å². The zero-order valence-corrected chi connectivity index (χ0v) is 11.4. The average molecular weight is 296 g/mol. The molecule has 0 heterocycles. The monoisotopic (exact) mass is 295 g/mol. The fraction of sp³-hybridized carbons (Fsp3) is 0. The third kappa shape index (κ3) is 3.33. The van der Waals surface area contributed by atoms with Crippen molar-refractivity contribution >= 4 is 27.5 Å². The van der Waals surface area contributed by atoms with E-state index in [1.54, 1.807) is 42.5 Å². The van der Waals surface area contributed by atoms with Crippen molar-refractivity contribution in [1.82, 2.24) is 0 Å². The zero-order chi connectivity index (χ0) is 13.9. The predicted molar refractivity (Wildman–Crippen MR) is 74.3 cm³/mol. The number of nitrogens with one attached hydrogen (secondary N) is 1. The van der Waals surface area contributed by atoms with Crippen LogP contribution in [0.2, 0.25) is 5.02 Å². The molecule has 0 atom stereocenters. The Morgan fingerprint density at radius 3 is 2.16 bits per heavy atom. The van der Waals surface area contributed by atoms with Crippen molar-refractivity contribution in [1.29, 1.82) is 0 Å². The molecule has 4 nitrogen and oxygen atoms in total. The summed E-state index contributed by atoms with van der Waals surface area (Å²) in [5, 5.41) is 0.558. The first kappa shape index (κ1) is 13.6. The Kier molecular flexibility index (Phi) is 3.87. The lowest BCUT2D eigenvalue weighted by Crippen LogP contribution is -2.78. The van der Waals surface area contributed by atoms with Crippen LogP contribution in [0.1, 0.15) is 5.56 Å². The molecule has 2 aromatic rings. The number of rotatable bonds is 3. The molecule has 0 radical (unpaired) electrons. The number of hydrogen-bond donors (Lipinski definition) is 2. The Bertz CT molecular complexity index is 695. The second-order valence-corrected chi connectivity index (χ2v) is 5.96. The Balaban J connectivity index is 2.38. The molecule has 0 bridgehead atoms. The van der Waals surface area contributed by atoms with Crippen molar-refractivity contribution in [3.05, 3.63) is 65.2 Å². The van der Waals surface area contributed by atoms with Gasteiger partial charge in [-0.05, 0) is 36.4 Å². The van der Waals surface area contributed by atoms with E-state index in [1.165, 1.54) is 12.1 Å². The highest BCUT2D eigenvalue weighted by Gasteiger charge is 2.16. The van der Waals surface area contributed by atoms with Gasteiger partial charge in [0.2, 0.25) is 0 Å². The Hall–Kier alpha value is -1.85. The Morgan fingerprint density at radius 2 is 1.58 bits per heavy atom. The van der Waals surface area contributed by atoms with Gasteiger partial charge in [-0.25, -0.2) is 0 Å². The molecule has 0 fully saturated rings. The fourth-order valence-electron chi connectivity index (χ4n) is 1.49. The second-order valence-electron chi connectivity index (χ2n) is 3.84. The molecule has 0 aliphatic heterocycles. The normalized spacial score (nSPS) is 12.4. The molecule has 2 aromatic carbocycles. The van der Waals surface area contributed by atoms with Crippen LogP contribution in [-0.2, 0) is 10.0 Å². The van der Waals surface area contributed by atoms with Crippen LogP contribution in [0.15, 0.2) is 59.5 Å². The number of sulfonamides is 1. The van der Waals surface area contributed by atoms with E-state index < -0.39 is 10.0 Å². The fourth-order valence-corrected chi connectivity index (χ4v) is 2.66. The molecular formula is C13H12ClN2O2S+. The van der Waals surface area contributed by atoms with Gasteiger partial charge in [-0.15, -0.1) is 0 Å². The largest absolute Gasteiger partial charge is 0.328 e. The summed E-state index contributed by atoms with van der Waals surface area (Å²) in [6.45, 7) is 0. The minimum Gasteiger partial charge on any atom is -0.286 e. The Morgan fingerprint density at radius 1 is 1.00 bits per heavy atom. The second kappa shape index (κ2) is 5.42. The molecule has 0 aromatic heterocycles. The maximum Gasteiger partial charge on any atom is 0.328 e. The van der Waals surface area contributed by atoms with Crippen molar-refractivity contribution in [3.8, 4) is 0 Å². The molecular weight excluding hydrogens is 284 g/mol. The molecule has 3 N–H and O–H groups in total. The molecule has 0 unspecified atom stereocenters. The summed E-state index contributed by atoms with van der Waals surface area (Å²) in [6.07, 6.45) is 0. The lowest BCUT2D eigenvalue weighted by Gasteiger charge is -1.98. The van der Waals surface area contributed by atoms with Crippen molar-refractivity contribution in [2.75, 3.05) is 0 Å². The van der Waals surface area contributed by atoms with Crippen LogP contribution in [-0.4, -0.2) is 14.3 Å². The number of halogens is 1. The summed E-state index contributed by atoms with van der Waals surface area (Å²) in [6, 6.07) is 14.6. The third-order valence-corrected chi connectivity index (χ3v) is 4.09. The van der Waals surface area contributed by atoms with Crippen LogP contribution in [0, 0.1) is 0 Å². The molecule has 2 rings (SSSR count). The van der Waals surface area contributed by atoms with Gasteiger partial charge < -0.3 is 0 Å². The van der Waals surface area contributed by atoms with Crippen molar-refractivity contribution < 1.29 is 12.8 Å². The lowest BCUT2D eigenvalue weighted by atomic mass is 10.2. The SMILES string of the molecule is NC(=[NH+]S(=O)(=O)c1ccccc1)c1ccc(Cl)cc1. The first-order valence-electron chi connectivity index (χ1n) is 5.45. The summed E-state index contributed by atoms with van der Waals surface area (Å²) in [7, 11) is -3.66. The van der Waals surface area contributed by atoms with Gasteiger partial charge in [-0.1, -0.05) is 29.8 Å². The zero-order valence-electron chi connectivity index (χ0n) is 9.88. The summed E-state index contributed by atoms with van der Waals surface area (Å²) < 4.78 is 26.4. The van der Waals surface area contributed by atoms with Gasteiger partial charge in [0.1, 0.15) is 4.90 Å². The standard InChI is InChI=1S/C13H11ClN2O2S/c14-11-8-6-10(7-9-11)13(15)16-19(17,18)12-4-2-1-3-5-12/h1-9H,(H2,15,16)/p+1. The summed E-state index contributed by atoms with van der Waals surface area (Å²) in [5.74, 6) is 0.0560. The molecule has 0 spiro atoms. The molecule has 0 saturated heterocycles. The summed E-state index contributed by atoms with van der Waals surface area (Å²) in [5.41, 5.74) is 6.31. The number of nitrogen functional groups attached to an aromatic ring is 1. The van der Waals surface area contributed by atoms with Crippen molar-refractivity contribution in [2.24, 2.45) is 5.73 Å². The van der Waals surface area contributed by atoms with Crippen LogP contribution in [0.25, 0.3) is 0 Å². The van der Waals surface area contributed by atoms with Gasteiger partial charge in [0.05, 0.1) is 5.56 Å². The summed E-state index contributed by atoms with van der Waals surface area (Å²) in [4.78, 5) is 0.159. The van der Waals surface area contributed by atoms with E-state index in [9.17, 15) is 8.42 Å². The highest BCUT2D eigenvalue weighted by atomic mass is 35.5.